The third-order valence-corrected chi connectivity index (χ3v) is 9.30. The highest BCUT2D eigenvalue weighted by Gasteiger charge is 2.44. The zero-order chi connectivity index (χ0) is 17.1. The van der Waals surface area contributed by atoms with Gasteiger partial charge in [-0.25, -0.2) is 0 Å². The van der Waals surface area contributed by atoms with Gasteiger partial charge < -0.3 is 23.4 Å². The van der Waals surface area contributed by atoms with E-state index in [4.69, 9.17) is 23.4 Å². The monoisotopic (exact) mass is 332 g/mol. The first-order valence-electron chi connectivity index (χ1n) is 7.65. The molecule has 6 heteroatoms. The molecule has 1 aliphatic heterocycles. The van der Waals surface area contributed by atoms with Crippen molar-refractivity contribution in [3.05, 3.63) is 12.2 Å². The molecular weight excluding hydrogens is 300 g/mol. The van der Waals surface area contributed by atoms with Crippen LogP contribution in [-0.2, 0) is 23.4 Å². The maximum absolute atomic E-state index is 6.26. The lowest BCUT2D eigenvalue weighted by molar-refractivity contribution is -0.250. The van der Waals surface area contributed by atoms with E-state index in [1.165, 1.54) is 0 Å². The Kier molecular flexibility index (Phi) is 6.80. The van der Waals surface area contributed by atoms with Crippen LogP contribution in [0.15, 0.2) is 12.2 Å². The average Bonchev–Trinajstić information content (AvgIpc) is 2.43. The third-order valence-electron chi connectivity index (χ3n) is 4.80. The fourth-order valence-corrected chi connectivity index (χ4v) is 3.22. The molecule has 1 saturated heterocycles. The molecular formula is C16H32O5Si. The van der Waals surface area contributed by atoms with Crippen molar-refractivity contribution in [2.24, 2.45) is 0 Å². The van der Waals surface area contributed by atoms with Gasteiger partial charge >= 0.3 is 0 Å². The van der Waals surface area contributed by atoms with Crippen molar-refractivity contribution in [2.45, 2.75) is 63.5 Å². The van der Waals surface area contributed by atoms with Crippen molar-refractivity contribution in [1.82, 2.24) is 0 Å². The van der Waals surface area contributed by atoms with Crippen LogP contribution in [0.2, 0.25) is 18.1 Å². The summed E-state index contributed by atoms with van der Waals surface area (Å²) in [6.07, 6.45) is -1.34. The van der Waals surface area contributed by atoms with Crippen molar-refractivity contribution in [3.63, 3.8) is 0 Å². The van der Waals surface area contributed by atoms with Crippen LogP contribution in [-0.4, -0.2) is 60.9 Å². The summed E-state index contributed by atoms with van der Waals surface area (Å²) >= 11 is 0. The van der Waals surface area contributed by atoms with Gasteiger partial charge in [0, 0.05) is 21.3 Å². The van der Waals surface area contributed by atoms with Crippen LogP contribution in [0.3, 0.4) is 0 Å². The summed E-state index contributed by atoms with van der Waals surface area (Å²) in [7, 11) is 3.02. The largest absolute Gasteiger partial charge is 0.414 e. The summed E-state index contributed by atoms with van der Waals surface area (Å²) in [6, 6.07) is 0. The molecule has 130 valence electrons. The summed E-state index contributed by atoms with van der Waals surface area (Å²) in [4.78, 5) is 0. The van der Waals surface area contributed by atoms with Crippen LogP contribution in [0.1, 0.15) is 20.8 Å². The van der Waals surface area contributed by atoms with Crippen molar-refractivity contribution >= 4 is 8.32 Å². The zero-order valence-electron chi connectivity index (χ0n) is 15.3. The number of hydrogen-bond donors (Lipinski definition) is 0. The number of rotatable bonds is 6. The highest BCUT2D eigenvalue weighted by molar-refractivity contribution is 6.74. The Labute approximate surface area is 136 Å². The molecule has 0 spiro atoms. The van der Waals surface area contributed by atoms with Crippen LogP contribution >= 0.6 is 0 Å². The Balaban J connectivity index is 2.81. The van der Waals surface area contributed by atoms with Gasteiger partial charge in [-0.2, -0.15) is 0 Å². The van der Waals surface area contributed by atoms with E-state index in [-0.39, 0.29) is 23.4 Å². The molecule has 0 bridgehead atoms. The van der Waals surface area contributed by atoms with E-state index in [0.717, 1.165) is 5.57 Å². The van der Waals surface area contributed by atoms with E-state index >= 15 is 0 Å². The van der Waals surface area contributed by atoms with Crippen LogP contribution in [0.5, 0.6) is 0 Å². The molecule has 0 radical (unpaired) electrons. The van der Waals surface area contributed by atoms with Crippen molar-refractivity contribution < 1.29 is 23.4 Å². The van der Waals surface area contributed by atoms with Gasteiger partial charge in [0.2, 0.25) is 0 Å². The SMILES string of the molecule is C=C1[C@@H](CO[Si](C)(C)C(C)(C)C)O[C@H](OC)[C@H](OC)[C@H]1OC. The molecule has 1 fully saturated rings. The second kappa shape index (κ2) is 7.55. The van der Waals surface area contributed by atoms with Crippen molar-refractivity contribution in [3.8, 4) is 0 Å². The molecule has 0 N–H and O–H groups in total. The molecule has 1 aliphatic rings. The molecule has 0 unspecified atom stereocenters. The quantitative estimate of drug-likeness (QED) is 0.553. The van der Waals surface area contributed by atoms with E-state index in [0.29, 0.717) is 6.61 Å². The lowest BCUT2D eigenvalue weighted by Crippen LogP contribution is -2.54. The fourth-order valence-electron chi connectivity index (χ4n) is 2.22. The molecule has 5 nitrogen and oxygen atoms in total. The van der Waals surface area contributed by atoms with Gasteiger partial charge in [0.15, 0.2) is 14.6 Å². The Morgan fingerprint density at radius 2 is 1.68 bits per heavy atom. The molecule has 0 aromatic rings. The Hall–Kier alpha value is -0.243. The van der Waals surface area contributed by atoms with Crippen LogP contribution in [0.4, 0.5) is 0 Å². The van der Waals surface area contributed by atoms with E-state index < -0.39 is 14.6 Å². The molecule has 1 rings (SSSR count). The molecule has 0 amide bonds. The minimum atomic E-state index is -1.84. The highest BCUT2D eigenvalue weighted by atomic mass is 28.4. The normalized spacial score (nSPS) is 30.6. The first kappa shape index (κ1) is 19.8. The zero-order valence-corrected chi connectivity index (χ0v) is 16.3. The summed E-state index contributed by atoms with van der Waals surface area (Å²) in [6.45, 7) is 15.7. The van der Waals surface area contributed by atoms with Crippen LogP contribution in [0.25, 0.3) is 0 Å². The molecule has 0 aliphatic carbocycles. The highest BCUT2D eigenvalue weighted by Crippen LogP contribution is 2.37. The first-order chi connectivity index (χ1) is 10.1. The number of methoxy groups -OCH3 is 3. The molecule has 0 saturated carbocycles. The Bertz CT molecular complexity index is 377. The van der Waals surface area contributed by atoms with Crippen molar-refractivity contribution in [1.29, 1.82) is 0 Å². The third kappa shape index (κ3) is 4.18. The van der Waals surface area contributed by atoms with E-state index in [2.05, 4.69) is 40.4 Å². The summed E-state index contributed by atoms with van der Waals surface area (Å²) < 4.78 is 28.6. The predicted octanol–water partition coefficient (Wildman–Crippen LogP) is 2.97. The van der Waals surface area contributed by atoms with Gasteiger partial charge in [0.25, 0.3) is 0 Å². The van der Waals surface area contributed by atoms with Gasteiger partial charge in [-0.15, -0.1) is 0 Å². The smallest absolute Gasteiger partial charge is 0.192 e. The lowest BCUT2D eigenvalue weighted by atomic mass is 9.97. The van der Waals surface area contributed by atoms with Crippen LogP contribution in [0, 0.1) is 0 Å². The molecule has 1 heterocycles. The van der Waals surface area contributed by atoms with E-state index in [1.54, 1.807) is 21.3 Å². The molecule has 22 heavy (non-hydrogen) atoms. The summed E-state index contributed by atoms with van der Waals surface area (Å²) in [5.74, 6) is 0. The second-order valence-corrected chi connectivity index (χ2v) is 12.0. The average molecular weight is 333 g/mol. The minimum absolute atomic E-state index is 0.152. The topological polar surface area (TPSA) is 46.2 Å². The Morgan fingerprint density at radius 3 is 2.09 bits per heavy atom. The summed E-state index contributed by atoms with van der Waals surface area (Å²) in [5, 5.41) is 0.152. The van der Waals surface area contributed by atoms with Gasteiger partial charge in [0.05, 0.1) is 6.61 Å². The Morgan fingerprint density at radius 1 is 1.09 bits per heavy atom. The van der Waals surface area contributed by atoms with Gasteiger partial charge in [-0.1, -0.05) is 27.4 Å². The van der Waals surface area contributed by atoms with Crippen LogP contribution < -0.4 is 0 Å². The minimum Gasteiger partial charge on any atom is -0.414 e. The lowest BCUT2D eigenvalue weighted by Gasteiger charge is -2.43. The van der Waals surface area contributed by atoms with Gasteiger partial charge in [-0.05, 0) is 23.7 Å². The van der Waals surface area contributed by atoms with E-state index in [1.807, 2.05) is 0 Å². The summed E-state index contributed by atoms with van der Waals surface area (Å²) in [5.41, 5.74) is 0.835. The second-order valence-electron chi connectivity index (χ2n) is 7.23. The first-order valence-corrected chi connectivity index (χ1v) is 10.6. The van der Waals surface area contributed by atoms with Crippen molar-refractivity contribution in [2.75, 3.05) is 27.9 Å². The molecule has 0 aromatic heterocycles. The van der Waals surface area contributed by atoms with Gasteiger partial charge in [0.1, 0.15) is 18.3 Å². The van der Waals surface area contributed by atoms with E-state index in [9.17, 15) is 0 Å². The molecule has 0 aromatic carbocycles. The number of ether oxygens (including phenoxy) is 4. The predicted molar refractivity (Wildman–Crippen MR) is 89.6 cm³/mol. The standard InChI is InChI=1S/C16H32O5Si/c1-11-12(10-20-22(8,9)16(2,3)4)21-15(19-7)14(18-6)13(11)17-5/h12-15H,1,10H2,2-9H3/t12-,13+,14-,15+/m1/s1. The maximum Gasteiger partial charge on any atom is 0.192 e. The van der Waals surface area contributed by atoms with Gasteiger partial charge in [-0.3, -0.25) is 0 Å². The molecule has 4 atom stereocenters. The maximum atomic E-state index is 6.26. The number of hydrogen-bond acceptors (Lipinski definition) is 5. The fraction of sp³-hybridized carbons (Fsp3) is 0.875.